The lowest BCUT2D eigenvalue weighted by Crippen LogP contribution is -2.48. The number of fused-ring (bicyclic) bond motifs is 1. The number of anilines is 1. The van der Waals surface area contributed by atoms with Gasteiger partial charge in [-0.1, -0.05) is 42.5 Å². The summed E-state index contributed by atoms with van der Waals surface area (Å²) in [6.45, 7) is 1.62. The van der Waals surface area contributed by atoms with Crippen molar-refractivity contribution in [3.63, 3.8) is 0 Å². The molecule has 0 saturated heterocycles. The van der Waals surface area contributed by atoms with Crippen LogP contribution in [-0.4, -0.2) is 23.1 Å². The lowest BCUT2D eigenvalue weighted by atomic mass is 10.0. The van der Waals surface area contributed by atoms with E-state index in [-0.39, 0.29) is 5.91 Å². The molecule has 0 aliphatic carbocycles. The van der Waals surface area contributed by atoms with E-state index in [2.05, 4.69) is 0 Å². The number of benzene rings is 2. The minimum Gasteiger partial charge on any atom is -0.479 e. The fourth-order valence-electron chi connectivity index (χ4n) is 2.62. The summed E-state index contributed by atoms with van der Waals surface area (Å²) in [5.41, 5.74) is 1.02. The standard InChI is InChI=1S/C17H15NO4/c1-11-16(19)18(13-9-5-6-10-14(13)22-11)15(17(20)21)12-7-3-2-4-8-12/h2-11,15H,1H3,(H,20,21). The van der Waals surface area contributed by atoms with Crippen molar-refractivity contribution in [2.24, 2.45) is 0 Å². The first-order valence-corrected chi connectivity index (χ1v) is 6.96. The Hall–Kier alpha value is -2.82. The van der Waals surface area contributed by atoms with Crippen molar-refractivity contribution in [2.75, 3.05) is 4.90 Å². The number of carbonyl (C=O) groups excluding carboxylic acids is 1. The Labute approximate surface area is 127 Å². The lowest BCUT2D eigenvalue weighted by Gasteiger charge is -2.36. The third kappa shape index (κ3) is 2.30. The van der Waals surface area contributed by atoms with Gasteiger partial charge in [0.15, 0.2) is 12.1 Å². The van der Waals surface area contributed by atoms with Gasteiger partial charge in [-0.15, -0.1) is 0 Å². The number of aliphatic carboxylic acids is 1. The summed E-state index contributed by atoms with van der Waals surface area (Å²) in [7, 11) is 0. The highest BCUT2D eigenvalue weighted by Gasteiger charge is 2.39. The fraction of sp³-hybridized carbons (Fsp3) is 0.176. The van der Waals surface area contributed by atoms with Gasteiger partial charge in [0.25, 0.3) is 5.91 Å². The van der Waals surface area contributed by atoms with Crippen molar-refractivity contribution in [2.45, 2.75) is 19.1 Å². The number of para-hydroxylation sites is 2. The number of carbonyl (C=O) groups is 2. The van der Waals surface area contributed by atoms with E-state index in [9.17, 15) is 14.7 Å². The molecule has 2 atom stereocenters. The lowest BCUT2D eigenvalue weighted by molar-refractivity contribution is -0.141. The van der Waals surface area contributed by atoms with Crippen LogP contribution in [0.25, 0.3) is 0 Å². The molecule has 1 aliphatic rings. The van der Waals surface area contributed by atoms with Crippen molar-refractivity contribution >= 4 is 17.6 Å². The smallest absolute Gasteiger partial charge is 0.331 e. The van der Waals surface area contributed by atoms with Crippen LogP contribution < -0.4 is 9.64 Å². The Balaban J connectivity index is 2.15. The highest BCUT2D eigenvalue weighted by molar-refractivity contribution is 6.04. The molecule has 1 aliphatic heterocycles. The average molecular weight is 297 g/mol. The largest absolute Gasteiger partial charge is 0.479 e. The van der Waals surface area contributed by atoms with Crippen LogP contribution in [0.15, 0.2) is 54.6 Å². The maximum Gasteiger partial charge on any atom is 0.331 e. The first-order valence-electron chi connectivity index (χ1n) is 6.96. The van der Waals surface area contributed by atoms with Gasteiger partial charge in [-0.2, -0.15) is 0 Å². The number of hydrogen-bond donors (Lipinski definition) is 1. The predicted molar refractivity (Wildman–Crippen MR) is 80.8 cm³/mol. The van der Waals surface area contributed by atoms with E-state index >= 15 is 0 Å². The van der Waals surface area contributed by atoms with Gasteiger partial charge < -0.3 is 9.84 Å². The highest BCUT2D eigenvalue weighted by atomic mass is 16.5. The molecule has 0 saturated carbocycles. The van der Waals surface area contributed by atoms with Gasteiger partial charge in [0.05, 0.1) is 5.69 Å². The zero-order chi connectivity index (χ0) is 15.7. The Morgan fingerprint density at radius 2 is 1.77 bits per heavy atom. The molecule has 112 valence electrons. The first-order chi connectivity index (χ1) is 10.6. The number of nitrogens with zero attached hydrogens (tertiary/aromatic N) is 1. The van der Waals surface area contributed by atoms with Gasteiger partial charge in [0.2, 0.25) is 0 Å². The molecule has 1 heterocycles. The zero-order valence-corrected chi connectivity index (χ0v) is 12.0. The second-order valence-corrected chi connectivity index (χ2v) is 5.09. The van der Waals surface area contributed by atoms with Crippen LogP contribution >= 0.6 is 0 Å². The summed E-state index contributed by atoms with van der Waals surface area (Å²) in [6, 6.07) is 14.6. The topological polar surface area (TPSA) is 66.8 Å². The highest BCUT2D eigenvalue weighted by Crippen LogP contribution is 2.39. The predicted octanol–water partition coefficient (Wildman–Crippen LogP) is 2.63. The Kier molecular flexibility index (Phi) is 3.55. The van der Waals surface area contributed by atoms with Crippen LogP contribution in [0.3, 0.4) is 0 Å². The van der Waals surface area contributed by atoms with E-state index in [1.54, 1.807) is 61.5 Å². The molecule has 0 fully saturated rings. The van der Waals surface area contributed by atoms with Crippen molar-refractivity contribution in [3.05, 3.63) is 60.2 Å². The van der Waals surface area contributed by atoms with Gasteiger partial charge in [0.1, 0.15) is 5.75 Å². The Morgan fingerprint density at radius 1 is 1.14 bits per heavy atom. The van der Waals surface area contributed by atoms with E-state index in [0.717, 1.165) is 0 Å². The van der Waals surface area contributed by atoms with Gasteiger partial charge in [-0.25, -0.2) is 4.79 Å². The van der Waals surface area contributed by atoms with E-state index in [0.29, 0.717) is 17.0 Å². The quantitative estimate of drug-likeness (QED) is 0.945. The van der Waals surface area contributed by atoms with E-state index in [1.165, 1.54) is 4.90 Å². The van der Waals surface area contributed by atoms with Gasteiger partial charge >= 0.3 is 5.97 Å². The van der Waals surface area contributed by atoms with Crippen molar-refractivity contribution in [1.82, 2.24) is 0 Å². The van der Waals surface area contributed by atoms with Crippen LogP contribution in [0.2, 0.25) is 0 Å². The average Bonchev–Trinajstić information content (AvgIpc) is 2.52. The van der Waals surface area contributed by atoms with Crippen LogP contribution in [0.4, 0.5) is 5.69 Å². The minimum absolute atomic E-state index is 0.366. The van der Waals surface area contributed by atoms with Gasteiger partial charge in [0, 0.05) is 0 Å². The van der Waals surface area contributed by atoms with Gasteiger partial charge in [-0.3, -0.25) is 9.69 Å². The van der Waals surface area contributed by atoms with Crippen LogP contribution in [0.1, 0.15) is 18.5 Å². The molecule has 1 amide bonds. The molecule has 0 aromatic heterocycles. The van der Waals surface area contributed by atoms with E-state index < -0.39 is 18.1 Å². The molecule has 22 heavy (non-hydrogen) atoms. The zero-order valence-electron chi connectivity index (χ0n) is 12.0. The number of amides is 1. The number of carboxylic acids is 1. The van der Waals surface area contributed by atoms with Gasteiger partial charge in [-0.05, 0) is 24.6 Å². The first kappa shape index (κ1) is 14.1. The Bertz CT molecular complexity index is 714. The molecule has 0 radical (unpaired) electrons. The molecule has 5 heteroatoms. The summed E-state index contributed by atoms with van der Waals surface area (Å²) in [6.07, 6.45) is -0.722. The second kappa shape index (κ2) is 5.52. The number of hydrogen-bond acceptors (Lipinski definition) is 3. The maximum absolute atomic E-state index is 12.5. The molecule has 2 unspecified atom stereocenters. The number of ether oxygens (including phenoxy) is 1. The molecule has 2 aromatic rings. The van der Waals surface area contributed by atoms with Crippen LogP contribution in [0.5, 0.6) is 5.75 Å². The molecule has 0 spiro atoms. The monoisotopic (exact) mass is 297 g/mol. The van der Waals surface area contributed by atoms with Crippen molar-refractivity contribution < 1.29 is 19.4 Å². The molecular formula is C17H15NO4. The Morgan fingerprint density at radius 3 is 2.45 bits per heavy atom. The summed E-state index contributed by atoms with van der Waals surface area (Å²) in [5.74, 6) is -0.935. The molecular weight excluding hydrogens is 282 g/mol. The molecule has 3 rings (SSSR count). The van der Waals surface area contributed by atoms with Crippen LogP contribution in [0, 0.1) is 0 Å². The number of carboxylic acid groups (broad SMARTS) is 1. The van der Waals surface area contributed by atoms with E-state index in [1.807, 2.05) is 0 Å². The summed E-state index contributed by atoms with van der Waals surface area (Å²) in [5, 5.41) is 9.67. The molecule has 5 nitrogen and oxygen atoms in total. The maximum atomic E-state index is 12.5. The third-order valence-corrected chi connectivity index (χ3v) is 3.62. The molecule has 2 aromatic carbocycles. The second-order valence-electron chi connectivity index (χ2n) is 5.09. The SMILES string of the molecule is CC1Oc2ccccc2N(C(C(=O)O)c2ccccc2)C1=O. The van der Waals surface area contributed by atoms with Crippen molar-refractivity contribution in [3.8, 4) is 5.75 Å². The van der Waals surface area contributed by atoms with Crippen LogP contribution in [-0.2, 0) is 9.59 Å². The molecule has 0 bridgehead atoms. The van der Waals surface area contributed by atoms with E-state index in [4.69, 9.17) is 4.74 Å². The minimum atomic E-state index is -1.08. The normalized spacial score (nSPS) is 18.3. The molecule has 1 N–H and O–H groups in total. The summed E-state index contributed by atoms with van der Waals surface area (Å²) in [4.78, 5) is 25.7. The fourth-order valence-corrected chi connectivity index (χ4v) is 2.62. The summed E-state index contributed by atoms with van der Waals surface area (Å²) < 4.78 is 5.56. The number of rotatable bonds is 3. The summed E-state index contributed by atoms with van der Waals surface area (Å²) >= 11 is 0. The third-order valence-electron chi connectivity index (χ3n) is 3.62. The van der Waals surface area contributed by atoms with Crippen molar-refractivity contribution in [1.29, 1.82) is 0 Å².